The summed E-state index contributed by atoms with van der Waals surface area (Å²) in [6.07, 6.45) is 3.06. The Morgan fingerprint density at radius 1 is 1.21 bits per heavy atom. The number of ketones is 1. The second-order valence-electron chi connectivity index (χ2n) is 8.35. The maximum Gasteiger partial charge on any atom is 0.245 e. The van der Waals surface area contributed by atoms with Crippen molar-refractivity contribution in [3.05, 3.63) is 53.8 Å². The highest BCUT2D eigenvalue weighted by Crippen LogP contribution is 2.30. The number of halogens is 2. The van der Waals surface area contributed by atoms with Gasteiger partial charge in [-0.3, -0.25) is 9.20 Å². The molecule has 0 aliphatic carbocycles. The lowest BCUT2D eigenvalue weighted by atomic mass is 10.0. The lowest BCUT2D eigenvalue weighted by Gasteiger charge is -2.14. The van der Waals surface area contributed by atoms with Gasteiger partial charge in [-0.1, -0.05) is 11.3 Å². The number of carbonyl (C=O) groups excluding carboxylic acids is 1. The lowest BCUT2D eigenvalue weighted by molar-refractivity contribution is -0.120. The van der Waals surface area contributed by atoms with Crippen molar-refractivity contribution in [2.45, 2.75) is 52.1 Å². The molecule has 33 heavy (non-hydrogen) atoms. The number of Topliss-reactive ketones (excluding diaryl/α,β-unsaturated/α-hetero) is 1. The van der Waals surface area contributed by atoms with Crippen molar-refractivity contribution in [2.24, 2.45) is 0 Å². The van der Waals surface area contributed by atoms with Crippen LogP contribution in [0.4, 0.5) is 8.78 Å². The molecule has 0 saturated heterocycles. The average molecular weight is 471 g/mol. The standard InChI is InChI=1S/C24H24F2N4O2S/c1-15(2)32-20-10-16(9-19(31)4-6-24(3,25)26)8-18(11-20)21-13-27-22-12-17(5-7-30(21)22)23-29-28-14-33-23/h5,7-8,10-15H,4,6,9H2,1-3H3. The van der Waals surface area contributed by atoms with Gasteiger partial charge in [0.05, 0.1) is 18.0 Å². The van der Waals surface area contributed by atoms with Gasteiger partial charge >= 0.3 is 0 Å². The predicted octanol–water partition coefficient (Wildman–Crippen LogP) is 5.85. The highest BCUT2D eigenvalue weighted by atomic mass is 32.1. The van der Waals surface area contributed by atoms with Crippen LogP contribution < -0.4 is 4.74 Å². The minimum absolute atomic E-state index is 0.0563. The molecular formula is C24H24F2N4O2S. The Morgan fingerprint density at radius 2 is 2.03 bits per heavy atom. The quantitative estimate of drug-likeness (QED) is 0.307. The molecule has 3 aromatic heterocycles. The number of carbonyl (C=O) groups is 1. The van der Waals surface area contributed by atoms with Crippen LogP contribution in [0, 0.1) is 0 Å². The van der Waals surface area contributed by atoms with Crippen LogP contribution in [0.2, 0.25) is 0 Å². The third kappa shape index (κ3) is 5.78. The Morgan fingerprint density at radius 3 is 2.73 bits per heavy atom. The van der Waals surface area contributed by atoms with Gasteiger partial charge in [0.1, 0.15) is 27.7 Å². The number of ether oxygens (including phenoxy) is 1. The average Bonchev–Trinajstić information content (AvgIpc) is 3.40. The van der Waals surface area contributed by atoms with Gasteiger partial charge in [0.25, 0.3) is 0 Å². The van der Waals surface area contributed by atoms with Crippen LogP contribution in [-0.2, 0) is 11.2 Å². The summed E-state index contributed by atoms with van der Waals surface area (Å²) in [5.41, 5.74) is 5.73. The number of fused-ring (bicyclic) bond motifs is 1. The van der Waals surface area contributed by atoms with Gasteiger partial charge in [-0.2, -0.15) is 0 Å². The van der Waals surface area contributed by atoms with Crippen LogP contribution in [0.1, 0.15) is 39.2 Å². The molecule has 0 aliphatic heterocycles. The van der Waals surface area contributed by atoms with Crippen LogP contribution in [0.5, 0.6) is 5.75 Å². The van der Waals surface area contributed by atoms with Gasteiger partial charge < -0.3 is 4.74 Å². The second kappa shape index (κ2) is 9.35. The van der Waals surface area contributed by atoms with E-state index in [4.69, 9.17) is 4.74 Å². The van der Waals surface area contributed by atoms with Crippen LogP contribution in [0.15, 0.2) is 48.2 Å². The molecular weight excluding hydrogens is 446 g/mol. The first-order chi connectivity index (χ1) is 15.7. The second-order valence-corrected chi connectivity index (χ2v) is 9.18. The molecule has 0 radical (unpaired) electrons. The summed E-state index contributed by atoms with van der Waals surface area (Å²) in [5, 5.41) is 8.80. The monoisotopic (exact) mass is 470 g/mol. The molecule has 0 unspecified atom stereocenters. The molecule has 3 heterocycles. The Balaban J connectivity index is 1.66. The first-order valence-electron chi connectivity index (χ1n) is 10.6. The first-order valence-corrected chi connectivity index (χ1v) is 11.5. The van der Waals surface area contributed by atoms with Crippen molar-refractivity contribution in [3.63, 3.8) is 0 Å². The van der Waals surface area contributed by atoms with Crippen LogP contribution in [0.25, 0.3) is 27.5 Å². The molecule has 0 atom stereocenters. The molecule has 1 aromatic carbocycles. The zero-order chi connectivity index (χ0) is 23.6. The van der Waals surface area contributed by atoms with E-state index in [9.17, 15) is 13.6 Å². The molecule has 0 aliphatic rings. The van der Waals surface area contributed by atoms with Gasteiger partial charge in [-0.25, -0.2) is 13.8 Å². The van der Waals surface area contributed by atoms with E-state index < -0.39 is 12.3 Å². The fraction of sp³-hybridized carbons (Fsp3) is 0.333. The summed E-state index contributed by atoms with van der Waals surface area (Å²) < 4.78 is 34.2. The van der Waals surface area contributed by atoms with E-state index in [0.29, 0.717) is 11.3 Å². The fourth-order valence-corrected chi connectivity index (χ4v) is 4.10. The van der Waals surface area contributed by atoms with E-state index in [1.807, 2.05) is 48.7 Å². The van der Waals surface area contributed by atoms with E-state index in [0.717, 1.165) is 34.4 Å². The summed E-state index contributed by atoms with van der Waals surface area (Å²) in [6.45, 7) is 4.67. The molecule has 0 saturated carbocycles. The SMILES string of the molecule is CC(C)Oc1cc(CC(=O)CCC(C)(F)F)cc(-c2cnc3cc(-c4nncs4)ccn23)c1. The minimum atomic E-state index is -2.85. The smallest absolute Gasteiger partial charge is 0.245 e. The van der Waals surface area contributed by atoms with E-state index >= 15 is 0 Å². The van der Waals surface area contributed by atoms with Gasteiger partial charge in [0.2, 0.25) is 5.92 Å². The van der Waals surface area contributed by atoms with Gasteiger partial charge in [0.15, 0.2) is 0 Å². The van der Waals surface area contributed by atoms with Gasteiger partial charge in [0, 0.05) is 36.6 Å². The van der Waals surface area contributed by atoms with Crippen LogP contribution >= 0.6 is 11.3 Å². The number of hydrogen-bond donors (Lipinski definition) is 0. The molecule has 4 rings (SSSR count). The predicted molar refractivity (Wildman–Crippen MR) is 124 cm³/mol. The molecule has 0 amide bonds. The number of aromatic nitrogens is 4. The van der Waals surface area contributed by atoms with E-state index in [2.05, 4.69) is 15.2 Å². The molecule has 172 valence electrons. The van der Waals surface area contributed by atoms with Crippen molar-refractivity contribution in [1.29, 1.82) is 0 Å². The Hall–Kier alpha value is -3.20. The number of imidazole rings is 1. The lowest BCUT2D eigenvalue weighted by Crippen LogP contribution is -2.13. The molecule has 0 spiro atoms. The Bertz CT molecular complexity index is 1260. The van der Waals surface area contributed by atoms with Crippen LogP contribution in [0.3, 0.4) is 0 Å². The molecule has 0 fully saturated rings. The van der Waals surface area contributed by atoms with Gasteiger partial charge in [-0.15, -0.1) is 10.2 Å². The third-order valence-electron chi connectivity index (χ3n) is 5.00. The maximum atomic E-state index is 13.2. The number of alkyl halides is 2. The fourth-order valence-electron chi connectivity index (χ4n) is 3.55. The van der Waals surface area contributed by atoms with Crippen molar-refractivity contribution in [2.75, 3.05) is 0 Å². The molecule has 4 aromatic rings. The molecule has 9 heteroatoms. The van der Waals surface area contributed by atoms with E-state index in [1.54, 1.807) is 17.8 Å². The molecule has 0 N–H and O–H groups in total. The van der Waals surface area contributed by atoms with Crippen molar-refractivity contribution < 1.29 is 18.3 Å². The van der Waals surface area contributed by atoms with Crippen LogP contribution in [-0.4, -0.2) is 37.4 Å². The topological polar surface area (TPSA) is 69.4 Å². The molecule has 6 nitrogen and oxygen atoms in total. The van der Waals surface area contributed by atoms with Crippen molar-refractivity contribution >= 4 is 22.8 Å². The normalized spacial score (nSPS) is 11.9. The number of benzene rings is 1. The number of rotatable bonds is 9. The highest BCUT2D eigenvalue weighted by molar-refractivity contribution is 7.12. The van der Waals surface area contributed by atoms with Gasteiger partial charge in [-0.05, 0) is 56.7 Å². The maximum absolute atomic E-state index is 13.2. The van der Waals surface area contributed by atoms with Crippen molar-refractivity contribution in [1.82, 2.24) is 19.6 Å². The third-order valence-corrected chi connectivity index (χ3v) is 5.74. The Kier molecular flexibility index (Phi) is 6.51. The first kappa shape index (κ1) is 23.0. The minimum Gasteiger partial charge on any atom is -0.491 e. The summed E-state index contributed by atoms with van der Waals surface area (Å²) in [7, 11) is 0. The highest BCUT2D eigenvalue weighted by Gasteiger charge is 2.22. The number of nitrogens with zero attached hydrogens (tertiary/aromatic N) is 4. The summed E-state index contributed by atoms with van der Waals surface area (Å²) >= 11 is 1.45. The van der Waals surface area contributed by atoms with Crippen molar-refractivity contribution in [3.8, 4) is 27.6 Å². The van der Waals surface area contributed by atoms with E-state index in [1.165, 1.54) is 11.3 Å². The Labute approximate surface area is 194 Å². The zero-order valence-corrected chi connectivity index (χ0v) is 19.4. The summed E-state index contributed by atoms with van der Waals surface area (Å²) in [5.74, 6) is -2.47. The zero-order valence-electron chi connectivity index (χ0n) is 18.6. The molecule has 0 bridgehead atoms. The largest absolute Gasteiger partial charge is 0.491 e. The van der Waals surface area contributed by atoms with E-state index in [-0.39, 0.29) is 24.7 Å². The number of pyridine rings is 1. The summed E-state index contributed by atoms with van der Waals surface area (Å²) in [4.78, 5) is 16.9. The number of hydrogen-bond acceptors (Lipinski definition) is 6. The summed E-state index contributed by atoms with van der Waals surface area (Å²) in [6, 6.07) is 9.46.